The van der Waals surface area contributed by atoms with Gasteiger partial charge in [0.2, 0.25) is 11.8 Å². The fraction of sp³-hybridized carbons (Fsp3) is 0.158. The number of hydrogen-bond donors (Lipinski definition) is 1. The first kappa shape index (κ1) is 20.7. The number of nitrogens with two attached hydrogens (primary N) is 1. The average molecular weight is 428 g/mol. The third kappa shape index (κ3) is 5.26. The Labute approximate surface area is 168 Å². The molecule has 0 saturated heterocycles. The fourth-order valence-corrected chi connectivity index (χ4v) is 2.65. The molecular weight excluding hydrogens is 414 g/mol. The molecule has 0 aliphatic rings. The van der Waals surface area contributed by atoms with Gasteiger partial charge in [0.1, 0.15) is 12.4 Å². The lowest BCUT2D eigenvalue weighted by molar-refractivity contribution is -0.137. The molecule has 5 nitrogen and oxygen atoms in total. The summed E-state index contributed by atoms with van der Waals surface area (Å²) >= 11 is 5.56. The van der Waals surface area contributed by atoms with E-state index in [1.54, 1.807) is 13.0 Å². The van der Waals surface area contributed by atoms with Crippen LogP contribution in [0.4, 0.5) is 23.5 Å². The first-order chi connectivity index (χ1) is 13.6. The maximum atomic E-state index is 14.3. The number of ether oxygens (including phenoxy) is 2. The summed E-state index contributed by atoms with van der Waals surface area (Å²) in [5.74, 6) is -0.927. The molecule has 0 spiro atoms. The number of anilines is 1. The number of rotatable bonds is 5. The van der Waals surface area contributed by atoms with Gasteiger partial charge in [-0.3, -0.25) is 0 Å². The van der Waals surface area contributed by atoms with Crippen molar-refractivity contribution in [2.24, 2.45) is 0 Å². The van der Waals surface area contributed by atoms with Crippen molar-refractivity contribution in [1.82, 2.24) is 9.97 Å². The van der Waals surface area contributed by atoms with Crippen LogP contribution in [0.5, 0.6) is 17.4 Å². The van der Waals surface area contributed by atoms with Crippen molar-refractivity contribution in [3.8, 4) is 17.4 Å². The van der Waals surface area contributed by atoms with Gasteiger partial charge in [-0.15, -0.1) is 0 Å². The maximum absolute atomic E-state index is 14.3. The number of halogens is 5. The van der Waals surface area contributed by atoms with Gasteiger partial charge in [0.05, 0.1) is 10.6 Å². The summed E-state index contributed by atoms with van der Waals surface area (Å²) in [6.45, 7) is 1.71. The molecule has 29 heavy (non-hydrogen) atoms. The second kappa shape index (κ2) is 8.12. The highest BCUT2D eigenvalue weighted by atomic mass is 35.5. The van der Waals surface area contributed by atoms with Gasteiger partial charge in [0.25, 0.3) is 0 Å². The van der Waals surface area contributed by atoms with Gasteiger partial charge in [-0.25, -0.2) is 9.37 Å². The summed E-state index contributed by atoms with van der Waals surface area (Å²) in [7, 11) is 0. The highest BCUT2D eigenvalue weighted by Gasteiger charge is 2.33. The Morgan fingerprint density at radius 2 is 1.83 bits per heavy atom. The number of aromatic nitrogens is 2. The Morgan fingerprint density at radius 3 is 2.48 bits per heavy atom. The summed E-state index contributed by atoms with van der Waals surface area (Å²) in [6.07, 6.45) is -4.65. The molecular formula is C19H14ClF4N3O2. The van der Waals surface area contributed by atoms with Crippen LogP contribution in [-0.4, -0.2) is 9.97 Å². The van der Waals surface area contributed by atoms with Crippen LogP contribution >= 0.6 is 11.6 Å². The molecule has 0 bridgehead atoms. The lowest BCUT2D eigenvalue weighted by Gasteiger charge is -2.13. The Bertz CT molecular complexity index is 1020. The van der Waals surface area contributed by atoms with E-state index in [1.807, 2.05) is 0 Å². The zero-order chi connectivity index (χ0) is 21.2. The zero-order valence-corrected chi connectivity index (χ0v) is 15.7. The second-order valence-corrected chi connectivity index (χ2v) is 6.41. The summed E-state index contributed by atoms with van der Waals surface area (Å²) in [5.41, 5.74) is 5.54. The van der Waals surface area contributed by atoms with Gasteiger partial charge < -0.3 is 15.2 Å². The van der Waals surface area contributed by atoms with Crippen LogP contribution in [-0.2, 0) is 12.8 Å². The fourth-order valence-electron chi connectivity index (χ4n) is 2.42. The molecule has 2 aromatic carbocycles. The molecule has 2 N–H and O–H groups in total. The molecule has 0 amide bonds. The Balaban J connectivity index is 1.73. The van der Waals surface area contributed by atoms with Crippen molar-refractivity contribution in [3.05, 3.63) is 70.1 Å². The number of hydrogen-bond acceptors (Lipinski definition) is 5. The predicted molar refractivity (Wildman–Crippen MR) is 98.4 cm³/mol. The number of aryl methyl sites for hydroxylation is 1. The van der Waals surface area contributed by atoms with Crippen molar-refractivity contribution < 1.29 is 27.0 Å². The van der Waals surface area contributed by atoms with Crippen LogP contribution in [0.2, 0.25) is 5.02 Å². The molecule has 0 aliphatic carbocycles. The summed E-state index contributed by atoms with van der Waals surface area (Å²) in [6, 6.07) is 8.48. The van der Waals surface area contributed by atoms with E-state index in [9.17, 15) is 17.6 Å². The van der Waals surface area contributed by atoms with Crippen molar-refractivity contribution in [2.75, 3.05) is 5.73 Å². The number of nitrogens with zero attached hydrogens (tertiary/aromatic N) is 2. The topological polar surface area (TPSA) is 70.3 Å². The van der Waals surface area contributed by atoms with Crippen LogP contribution in [0.25, 0.3) is 0 Å². The normalized spacial score (nSPS) is 11.4. The molecule has 0 radical (unpaired) electrons. The lowest BCUT2D eigenvalue weighted by atomic mass is 10.2. The van der Waals surface area contributed by atoms with E-state index in [4.69, 9.17) is 26.8 Å². The minimum absolute atomic E-state index is 0.00768. The molecule has 152 valence electrons. The second-order valence-electron chi connectivity index (χ2n) is 6.00. The predicted octanol–water partition coefficient (Wildman–Crippen LogP) is 5.55. The highest BCUT2D eigenvalue weighted by molar-refractivity contribution is 6.31. The van der Waals surface area contributed by atoms with Crippen LogP contribution < -0.4 is 15.2 Å². The molecule has 3 rings (SSSR count). The number of alkyl halides is 3. The van der Waals surface area contributed by atoms with Crippen LogP contribution in [0.1, 0.15) is 16.8 Å². The molecule has 0 aliphatic heterocycles. The quantitative estimate of drug-likeness (QED) is 0.540. The zero-order valence-electron chi connectivity index (χ0n) is 14.9. The van der Waals surface area contributed by atoms with Gasteiger partial charge in [-0.1, -0.05) is 17.7 Å². The SMILES string of the molecule is Cc1cc(OCc2ccc(Oc3ccc(Cl)c(C(F)(F)F)c3)c(F)c2)nc(N)n1. The molecule has 3 aromatic rings. The van der Waals surface area contributed by atoms with Gasteiger partial charge in [-0.05, 0) is 42.8 Å². The highest BCUT2D eigenvalue weighted by Crippen LogP contribution is 2.38. The molecule has 10 heteroatoms. The Hall–Kier alpha value is -3.07. The van der Waals surface area contributed by atoms with E-state index in [2.05, 4.69) is 9.97 Å². The lowest BCUT2D eigenvalue weighted by Crippen LogP contribution is -2.06. The van der Waals surface area contributed by atoms with Crippen LogP contribution in [0.3, 0.4) is 0 Å². The van der Waals surface area contributed by atoms with Crippen LogP contribution in [0, 0.1) is 12.7 Å². The molecule has 1 aromatic heterocycles. The standard InChI is InChI=1S/C19H14ClF4N3O2/c1-10-6-17(27-18(25)26-10)28-9-11-2-5-16(15(21)7-11)29-12-3-4-14(20)13(8-12)19(22,23)24/h2-8H,9H2,1H3,(H2,25,26,27). The van der Waals surface area contributed by atoms with Crippen molar-refractivity contribution in [2.45, 2.75) is 19.7 Å². The molecule has 0 saturated carbocycles. The van der Waals surface area contributed by atoms with Crippen molar-refractivity contribution in [3.63, 3.8) is 0 Å². The van der Waals surface area contributed by atoms with E-state index in [-0.39, 0.29) is 29.9 Å². The van der Waals surface area contributed by atoms with E-state index >= 15 is 0 Å². The van der Waals surface area contributed by atoms with Crippen LogP contribution in [0.15, 0.2) is 42.5 Å². The molecule has 1 heterocycles. The van der Waals surface area contributed by atoms with Gasteiger partial charge in [-0.2, -0.15) is 18.2 Å². The largest absolute Gasteiger partial charge is 0.473 e. The molecule has 0 unspecified atom stereocenters. The number of benzene rings is 2. The van der Waals surface area contributed by atoms with E-state index in [0.717, 1.165) is 12.1 Å². The van der Waals surface area contributed by atoms with Gasteiger partial charge >= 0.3 is 6.18 Å². The van der Waals surface area contributed by atoms with E-state index < -0.39 is 22.6 Å². The first-order valence-electron chi connectivity index (χ1n) is 8.19. The third-order valence-electron chi connectivity index (χ3n) is 3.70. The van der Waals surface area contributed by atoms with E-state index in [0.29, 0.717) is 17.3 Å². The first-order valence-corrected chi connectivity index (χ1v) is 8.56. The smallest absolute Gasteiger partial charge is 0.417 e. The van der Waals surface area contributed by atoms with Crippen molar-refractivity contribution >= 4 is 17.5 Å². The summed E-state index contributed by atoms with van der Waals surface area (Å²) in [5, 5.41) is -0.474. The maximum Gasteiger partial charge on any atom is 0.417 e. The average Bonchev–Trinajstić information content (AvgIpc) is 2.62. The minimum Gasteiger partial charge on any atom is -0.473 e. The number of nitrogen functional groups attached to an aromatic ring is 1. The Morgan fingerprint density at radius 1 is 1.07 bits per heavy atom. The summed E-state index contributed by atoms with van der Waals surface area (Å²) in [4.78, 5) is 7.82. The minimum atomic E-state index is -4.65. The third-order valence-corrected chi connectivity index (χ3v) is 4.03. The Kier molecular flexibility index (Phi) is 5.78. The summed E-state index contributed by atoms with van der Waals surface area (Å²) < 4.78 is 63.8. The molecule has 0 fully saturated rings. The monoisotopic (exact) mass is 427 g/mol. The van der Waals surface area contributed by atoms with E-state index in [1.165, 1.54) is 18.2 Å². The van der Waals surface area contributed by atoms with Gasteiger partial charge in [0.15, 0.2) is 11.6 Å². The van der Waals surface area contributed by atoms with Crippen molar-refractivity contribution in [1.29, 1.82) is 0 Å². The molecule has 0 atom stereocenters. The van der Waals surface area contributed by atoms with Gasteiger partial charge in [0, 0.05) is 11.8 Å².